The second kappa shape index (κ2) is 4.17. The standard InChI is InChI=1S/C11H6F3NO3/c1-4-9(11(16)17)15-10(18-4)8-6(13)2-5(12)3-7(8)14/h2-3H,1H3,(H,16,17). The predicted molar refractivity (Wildman–Crippen MR) is 53.5 cm³/mol. The first-order valence-electron chi connectivity index (χ1n) is 4.75. The Bertz CT molecular complexity index is 613. The summed E-state index contributed by atoms with van der Waals surface area (Å²) in [4.78, 5) is 14.2. The molecular formula is C11H6F3NO3. The topological polar surface area (TPSA) is 63.3 Å². The maximum Gasteiger partial charge on any atom is 0.358 e. The summed E-state index contributed by atoms with van der Waals surface area (Å²) in [6.45, 7) is 1.29. The molecule has 18 heavy (non-hydrogen) atoms. The van der Waals surface area contributed by atoms with Crippen LogP contribution in [0.3, 0.4) is 0 Å². The van der Waals surface area contributed by atoms with Crippen LogP contribution in [0.25, 0.3) is 11.5 Å². The van der Waals surface area contributed by atoms with Gasteiger partial charge in [0.25, 0.3) is 0 Å². The van der Waals surface area contributed by atoms with E-state index in [0.29, 0.717) is 12.1 Å². The third kappa shape index (κ3) is 1.94. The van der Waals surface area contributed by atoms with Gasteiger partial charge in [0.15, 0.2) is 5.69 Å². The quantitative estimate of drug-likeness (QED) is 0.898. The molecule has 0 bridgehead atoms. The number of aromatic nitrogens is 1. The first-order valence-corrected chi connectivity index (χ1v) is 4.75. The molecular weight excluding hydrogens is 251 g/mol. The highest BCUT2D eigenvalue weighted by Crippen LogP contribution is 2.27. The van der Waals surface area contributed by atoms with Crippen molar-refractivity contribution in [2.24, 2.45) is 0 Å². The van der Waals surface area contributed by atoms with Crippen LogP contribution >= 0.6 is 0 Å². The Kier molecular flexibility index (Phi) is 2.82. The van der Waals surface area contributed by atoms with Gasteiger partial charge in [0, 0.05) is 12.1 Å². The monoisotopic (exact) mass is 257 g/mol. The van der Waals surface area contributed by atoms with E-state index >= 15 is 0 Å². The van der Waals surface area contributed by atoms with Crippen molar-refractivity contribution in [3.63, 3.8) is 0 Å². The van der Waals surface area contributed by atoms with Crippen LogP contribution in [0.2, 0.25) is 0 Å². The zero-order valence-corrected chi connectivity index (χ0v) is 9.00. The lowest BCUT2D eigenvalue weighted by Gasteiger charge is -2.00. The number of carboxylic acid groups (broad SMARTS) is 1. The molecule has 0 radical (unpaired) electrons. The Hall–Kier alpha value is -2.31. The van der Waals surface area contributed by atoms with Crippen LogP contribution in [0.4, 0.5) is 13.2 Å². The summed E-state index contributed by atoms with van der Waals surface area (Å²) in [6, 6.07) is 0.913. The summed E-state index contributed by atoms with van der Waals surface area (Å²) in [7, 11) is 0. The van der Waals surface area contributed by atoms with Crippen LogP contribution < -0.4 is 0 Å². The van der Waals surface area contributed by atoms with Gasteiger partial charge in [0.1, 0.15) is 28.8 Å². The largest absolute Gasteiger partial charge is 0.476 e. The Morgan fingerprint density at radius 1 is 1.28 bits per heavy atom. The first kappa shape index (κ1) is 12.2. The van der Waals surface area contributed by atoms with Crippen LogP contribution in [-0.2, 0) is 0 Å². The number of benzene rings is 1. The van der Waals surface area contributed by atoms with Crippen molar-refractivity contribution < 1.29 is 27.5 Å². The molecule has 94 valence electrons. The highest BCUT2D eigenvalue weighted by atomic mass is 19.1. The van der Waals surface area contributed by atoms with Gasteiger partial charge >= 0.3 is 5.97 Å². The number of carbonyl (C=O) groups is 1. The highest BCUT2D eigenvalue weighted by molar-refractivity contribution is 5.87. The third-order valence-corrected chi connectivity index (χ3v) is 2.22. The van der Waals surface area contributed by atoms with Crippen molar-refractivity contribution in [2.75, 3.05) is 0 Å². The van der Waals surface area contributed by atoms with Crippen molar-refractivity contribution in [2.45, 2.75) is 6.92 Å². The van der Waals surface area contributed by atoms with E-state index < -0.39 is 40.6 Å². The SMILES string of the molecule is Cc1oc(-c2c(F)cc(F)cc2F)nc1C(=O)O. The Morgan fingerprint density at radius 3 is 2.28 bits per heavy atom. The summed E-state index contributed by atoms with van der Waals surface area (Å²) in [5.41, 5.74) is -1.15. The average Bonchev–Trinajstić information content (AvgIpc) is 2.58. The lowest BCUT2D eigenvalue weighted by molar-refractivity contribution is 0.0689. The van der Waals surface area contributed by atoms with Gasteiger partial charge in [-0.1, -0.05) is 0 Å². The van der Waals surface area contributed by atoms with Gasteiger partial charge in [-0.3, -0.25) is 0 Å². The molecule has 0 saturated carbocycles. The first-order chi connectivity index (χ1) is 8.40. The number of carboxylic acids is 1. The lowest BCUT2D eigenvalue weighted by atomic mass is 10.2. The lowest BCUT2D eigenvalue weighted by Crippen LogP contribution is -1.99. The van der Waals surface area contributed by atoms with Crippen molar-refractivity contribution >= 4 is 5.97 Å². The molecule has 2 rings (SSSR count). The van der Waals surface area contributed by atoms with Gasteiger partial charge in [0.05, 0.1) is 0 Å². The van der Waals surface area contributed by atoms with Gasteiger partial charge in [-0.15, -0.1) is 0 Å². The van der Waals surface area contributed by atoms with Crippen LogP contribution in [0, 0.1) is 24.4 Å². The summed E-state index contributed by atoms with van der Waals surface area (Å²) in [6.07, 6.45) is 0. The van der Waals surface area contributed by atoms with E-state index in [1.54, 1.807) is 0 Å². The molecule has 0 saturated heterocycles. The summed E-state index contributed by atoms with van der Waals surface area (Å²) < 4.78 is 44.4. The summed E-state index contributed by atoms with van der Waals surface area (Å²) in [5, 5.41) is 8.74. The fraction of sp³-hybridized carbons (Fsp3) is 0.0909. The van der Waals surface area contributed by atoms with Crippen molar-refractivity contribution in [3.8, 4) is 11.5 Å². The third-order valence-electron chi connectivity index (χ3n) is 2.22. The molecule has 1 heterocycles. The number of nitrogens with zero attached hydrogens (tertiary/aromatic N) is 1. The number of hydrogen-bond acceptors (Lipinski definition) is 3. The number of aryl methyl sites for hydroxylation is 1. The second-order valence-corrected chi connectivity index (χ2v) is 3.47. The minimum absolute atomic E-state index is 0.0966. The molecule has 0 aliphatic heterocycles. The Morgan fingerprint density at radius 2 is 1.83 bits per heavy atom. The van der Waals surface area contributed by atoms with Gasteiger partial charge in [-0.05, 0) is 6.92 Å². The summed E-state index contributed by atoms with van der Waals surface area (Å²) >= 11 is 0. The molecule has 0 atom stereocenters. The van der Waals surface area contributed by atoms with E-state index in [1.807, 2.05) is 0 Å². The molecule has 0 aliphatic rings. The van der Waals surface area contributed by atoms with E-state index in [1.165, 1.54) is 6.92 Å². The van der Waals surface area contributed by atoms with Crippen LogP contribution in [0.15, 0.2) is 16.5 Å². The fourth-order valence-corrected chi connectivity index (χ4v) is 1.45. The van der Waals surface area contributed by atoms with Crippen LogP contribution in [-0.4, -0.2) is 16.1 Å². The molecule has 0 aliphatic carbocycles. The van der Waals surface area contributed by atoms with Crippen LogP contribution in [0.1, 0.15) is 16.2 Å². The van der Waals surface area contributed by atoms with E-state index in [-0.39, 0.29) is 5.76 Å². The minimum atomic E-state index is -1.38. The molecule has 7 heteroatoms. The Balaban J connectivity index is 2.63. The molecule has 2 aromatic rings. The fourth-order valence-electron chi connectivity index (χ4n) is 1.45. The number of halogens is 3. The van der Waals surface area contributed by atoms with Gasteiger partial charge < -0.3 is 9.52 Å². The van der Waals surface area contributed by atoms with E-state index in [2.05, 4.69) is 4.98 Å². The smallest absolute Gasteiger partial charge is 0.358 e. The average molecular weight is 257 g/mol. The molecule has 1 aromatic carbocycles. The zero-order valence-electron chi connectivity index (χ0n) is 9.00. The van der Waals surface area contributed by atoms with Crippen molar-refractivity contribution in [3.05, 3.63) is 41.0 Å². The molecule has 0 amide bonds. The second-order valence-electron chi connectivity index (χ2n) is 3.47. The highest BCUT2D eigenvalue weighted by Gasteiger charge is 2.22. The van der Waals surface area contributed by atoms with Crippen molar-refractivity contribution in [1.29, 1.82) is 0 Å². The number of rotatable bonds is 2. The molecule has 1 aromatic heterocycles. The van der Waals surface area contributed by atoms with Gasteiger partial charge in [-0.2, -0.15) is 0 Å². The summed E-state index contributed by atoms with van der Waals surface area (Å²) in [5.74, 6) is -5.54. The van der Waals surface area contributed by atoms with E-state index in [9.17, 15) is 18.0 Å². The molecule has 0 unspecified atom stereocenters. The normalized spacial score (nSPS) is 10.7. The molecule has 4 nitrogen and oxygen atoms in total. The molecule has 0 fully saturated rings. The van der Waals surface area contributed by atoms with Crippen LogP contribution in [0.5, 0.6) is 0 Å². The van der Waals surface area contributed by atoms with Gasteiger partial charge in [0.2, 0.25) is 5.89 Å². The maximum atomic E-state index is 13.4. The van der Waals surface area contributed by atoms with E-state index in [4.69, 9.17) is 9.52 Å². The van der Waals surface area contributed by atoms with Gasteiger partial charge in [-0.25, -0.2) is 22.9 Å². The maximum absolute atomic E-state index is 13.4. The number of oxazole rings is 1. The number of hydrogen-bond donors (Lipinski definition) is 1. The molecule has 1 N–H and O–H groups in total. The zero-order chi connectivity index (χ0) is 13.4. The minimum Gasteiger partial charge on any atom is -0.476 e. The Labute approximate surface area is 98.7 Å². The predicted octanol–water partition coefficient (Wildman–Crippen LogP) is 2.77. The van der Waals surface area contributed by atoms with E-state index in [0.717, 1.165) is 0 Å². The molecule has 0 spiro atoms. The number of aromatic carboxylic acids is 1. The van der Waals surface area contributed by atoms with Crippen molar-refractivity contribution in [1.82, 2.24) is 4.98 Å².